The van der Waals surface area contributed by atoms with Gasteiger partial charge in [0.15, 0.2) is 0 Å². The maximum absolute atomic E-state index is 11.9. The molecule has 1 aromatic heterocycles. The topological polar surface area (TPSA) is 98.1 Å². The molecule has 8 nitrogen and oxygen atoms in total. The number of carboxylic acid groups (broad SMARTS) is 1. The maximum Gasteiger partial charge on any atom is 0.413 e. The Morgan fingerprint density at radius 3 is 2.36 bits per heavy atom. The van der Waals surface area contributed by atoms with Gasteiger partial charge in [0.2, 0.25) is 6.79 Å². The zero-order valence-corrected chi connectivity index (χ0v) is 13.0. The van der Waals surface area contributed by atoms with Crippen LogP contribution in [0, 0.1) is 0 Å². The SMILES string of the molecule is Cn1cccc1C(=O)OCOC(=O)N(CC(=O)O)C(C)(C)C. The molecule has 0 saturated heterocycles. The van der Waals surface area contributed by atoms with Gasteiger partial charge in [0.05, 0.1) is 0 Å². The summed E-state index contributed by atoms with van der Waals surface area (Å²) in [5, 5.41) is 8.83. The predicted octanol–water partition coefficient (Wildman–Crippen LogP) is 1.46. The number of ether oxygens (including phenoxy) is 2. The van der Waals surface area contributed by atoms with Crippen molar-refractivity contribution in [2.75, 3.05) is 13.3 Å². The minimum absolute atomic E-state index is 0.314. The quantitative estimate of drug-likeness (QED) is 0.653. The van der Waals surface area contributed by atoms with Gasteiger partial charge in [0.1, 0.15) is 12.2 Å². The highest BCUT2D eigenvalue weighted by molar-refractivity contribution is 5.87. The molecule has 0 aromatic carbocycles. The number of hydrogen-bond donors (Lipinski definition) is 1. The smallest absolute Gasteiger partial charge is 0.413 e. The van der Waals surface area contributed by atoms with Crippen LogP contribution in [0.3, 0.4) is 0 Å². The van der Waals surface area contributed by atoms with Gasteiger partial charge in [0.25, 0.3) is 0 Å². The Balaban J connectivity index is 2.55. The van der Waals surface area contributed by atoms with E-state index in [0.717, 1.165) is 4.90 Å². The zero-order valence-electron chi connectivity index (χ0n) is 13.0. The highest BCUT2D eigenvalue weighted by atomic mass is 16.7. The summed E-state index contributed by atoms with van der Waals surface area (Å²) in [6.07, 6.45) is 0.811. The molecule has 1 N–H and O–H groups in total. The van der Waals surface area contributed by atoms with Crippen molar-refractivity contribution in [1.82, 2.24) is 9.47 Å². The monoisotopic (exact) mass is 312 g/mol. The van der Waals surface area contributed by atoms with Gasteiger partial charge in [-0.05, 0) is 32.9 Å². The first kappa shape index (κ1) is 17.5. The zero-order chi connectivity index (χ0) is 16.9. The summed E-state index contributed by atoms with van der Waals surface area (Å²) in [6.45, 7) is 3.93. The normalized spacial score (nSPS) is 10.9. The van der Waals surface area contributed by atoms with Gasteiger partial charge in [-0.2, -0.15) is 0 Å². The van der Waals surface area contributed by atoms with Gasteiger partial charge in [0, 0.05) is 18.8 Å². The summed E-state index contributed by atoms with van der Waals surface area (Å²) in [4.78, 5) is 35.4. The van der Waals surface area contributed by atoms with Crippen LogP contribution in [0.2, 0.25) is 0 Å². The Morgan fingerprint density at radius 1 is 1.27 bits per heavy atom. The van der Waals surface area contributed by atoms with Crippen molar-refractivity contribution in [3.05, 3.63) is 24.0 Å². The molecule has 1 rings (SSSR count). The third-order valence-electron chi connectivity index (χ3n) is 2.85. The second-order valence-corrected chi connectivity index (χ2v) is 5.61. The fourth-order valence-electron chi connectivity index (χ4n) is 1.67. The minimum Gasteiger partial charge on any atom is -0.480 e. The molecule has 1 aromatic rings. The lowest BCUT2D eigenvalue weighted by molar-refractivity contribution is -0.139. The van der Waals surface area contributed by atoms with Crippen molar-refractivity contribution >= 4 is 18.0 Å². The van der Waals surface area contributed by atoms with Crippen LogP contribution in [0.25, 0.3) is 0 Å². The summed E-state index contributed by atoms with van der Waals surface area (Å²) in [6, 6.07) is 3.24. The standard InChI is InChI=1S/C14H20N2O6/c1-14(2,3)16(8-11(17)18)13(20)22-9-21-12(19)10-6-5-7-15(10)4/h5-7H,8-9H2,1-4H3,(H,17,18). The van der Waals surface area contributed by atoms with E-state index in [4.69, 9.17) is 14.6 Å². The average molecular weight is 312 g/mol. The molecule has 0 aliphatic heterocycles. The van der Waals surface area contributed by atoms with E-state index in [1.807, 2.05) is 0 Å². The summed E-state index contributed by atoms with van der Waals surface area (Å²) in [5.41, 5.74) is -0.424. The Hall–Kier alpha value is -2.51. The molecule has 0 saturated carbocycles. The van der Waals surface area contributed by atoms with Crippen LogP contribution in [0.1, 0.15) is 31.3 Å². The number of aliphatic carboxylic acids is 1. The number of carbonyl (C=O) groups excluding carboxylic acids is 2. The Morgan fingerprint density at radius 2 is 1.91 bits per heavy atom. The molecule has 0 spiro atoms. The lowest BCUT2D eigenvalue weighted by atomic mass is 10.1. The van der Waals surface area contributed by atoms with Gasteiger partial charge in [-0.25, -0.2) is 9.59 Å². The Bertz CT molecular complexity index is 558. The molecule has 8 heteroatoms. The first-order chi connectivity index (χ1) is 10.1. The van der Waals surface area contributed by atoms with Crippen LogP contribution >= 0.6 is 0 Å². The molecule has 122 valence electrons. The van der Waals surface area contributed by atoms with Crippen molar-refractivity contribution in [1.29, 1.82) is 0 Å². The van der Waals surface area contributed by atoms with Crippen LogP contribution in [-0.2, 0) is 21.3 Å². The van der Waals surface area contributed by atoms with Crippen LogP contribution < -0.4 is 0 Å². The molecule has 1 heterocycles. The number of esters is 1. The van der Waals surface area contributed by atoms with Crippen molar-refractivity contribution in [2.24, 2.45) is 7.05 Å². The van der Waals surface area contributed by atoms with E-state index >= 15 is 0 Å². The lowest BCUT2D eigenvalue weighted by Gasteiger charge is -2.33. The summed E-state index contributed by atoms with van der Waals surface area (Å²) in [5.74, 6) is -1.80. The van der Waals surface area contributed by atoms with E-state index in [9.17, 15) is 14.4 Å². The van der Waals surface area contributed by atoms with Gasteiger partial charge in [-0.1, -0.05) is 0 Å². The molecule has 0 unspecified atom stereocenters. The molecule has 0 radical (unpaired) electrons. The molecule has 0 aliphatic carbocycles. The molecular weight excluding hydrogens is 292 g/mol. The number of amides is 1. The highest BCUT2D eigenvalue weighted by Gasteiger charge is 2.30. The van der Waals surface area contributed by atoms with Gasteiger partial charge < -0.3 is 19.1 Å². The van der Waals surface area contributed by atoms with Gasteiger partial charge >= 0.3 is 18.0 Å². The van der Waals surface area contributed by atoms with Crippen molar-refractivity contribution in [2.45, 2.75) is 26.3 Å². The molecule has 0 bridgehead atoms. The second kappa shape index (κ2) is 6.97. The number of aromatic nitrogens is 1. The molecular formula is C14H20N2O6. The third-order valence-corrected chi connectivity index (χ3v) is 2.85. The summed E-state index contributed by atoms with van der Waals surface area (Å²) >= 11 is 0. The van der Waals surface area contributed by atoms with E-state index < -0.39 is 36.9 Å². The second-order valence-electron chi connectivity index (χ2n) is 5.61. The molecule has 0 fully saturated rings. The third kappa shape index (κ3) is 4.80. The number of carbonyl (C=O) groups is 3. The molecule has 1 amide bonds. The van der Waals surface area contributed by atoms with Gasteiger partial charge in [-0.3, -0.25) is 9.69 Å². The van der Waals surface area contributed by atoms with Crippen LogP contribution in [-0.4, -0.2) is 51.5 Å². The predicted molar refractivity (Wildman–Crippen MR) is 76.3 cm³/mol. The first-order valence-corrected chi connectivity index (χ1v) is 6.57. The Kier molecular flexibility index (Phi) is 5.56. The number of rotatable bonds is 5. The summed E-state index contributed by atoms with van der Waals surface area (Å²) in [7, 11) is 1.68. The number of hydrogen-bond acceptors (Lipinski definition) is 5. The molecule has 0 atom stereocenters. The fourth-order valence-corrected chi connectivity index (χ4v) is 1.67. The van der Waals surface area contributed by atoms with Crippen LogP contribution in [0.4, 0.5) is 4.79 Å². The fraction of sp³-hybridized carbons (Fsp3) is 0.500. The molecule has 0 aliphatic rings. The number of aryl methyl sites for hydroxylation is 1. The molecule has 22 heavy (non-hydrogen) atoms. The van der Waals surface area contributed by atoms with E-state index in [0.29, 0.717) is 5.69 Å². The summed E-state index contributed by atoms with van der Waals surface area (Å²) < 4.78 is 11.2. The Labute approximate surface area is 128 Å². The number of nitrogens with zero attached hydrogens (tertiary/aromatic N) is 2. The average Bonchev–Trinajstić information content (AvgIpc) is 2.80. The van der Waals surface area contributed by atoms with E-state index in [-0.39, 0.29) is 0 Å². The van der Waals surface area contributed by atoms with E-state index in [1.54, 1.807) is 50.7 Å². The highest BCUT2D eigenvalue weighted by Crippen LogP contribution is 2.14. The number of carboxylic acids is 1. The lowest BCUT2D eigenvalue weighted by Crippen LogP contribution is -2.48. The largest absolute Gasteiger partial charge is 0.480 e. The minimum atomic E-state index is -1.16. The maximum atomic E-state index is 11.9. The van der Waals surface area contributed by atoms with Crippen LogP contribution in [0.5, 0.6) is 0 Å². The van der Waals surface area contributed by atoms with Gasteiger partial charge in [-0.15, -0.1) is 0 Å². The van der Waals surface area contributed by atoms with Crippen molar-refractivity contribution in [3.63, 3.8) is 0 Å². The van der Waals surface area contributed by atoms with E-state index in [2.05, 4.69) is 0 Å². The van der Waals surface area contributed by atoms with Crippen LogP contribution in [0.15, 0.2) is 18.3 Å². The van der Waals surface area contributed by atoms with Crippen molar-refractivity contribution in [3.8, 4) is 0 Å². The first-order valence-electron chi connectivity index (χ1n) is 6.57. The van der Waals surface area contributed by atoms with Crippen molar-refractivity contribution < 1.29 is 29.0 Å². The van der Waals surface area contributed by atoms with E-state index in [1.165, 1.54) is 0 Å².